The molecule has 0 aliphatic rings. The number of carbonyl (C=O) groups excluding carboxylic acids is 2. The molecule has 2 aromatic rings. The maximum absolute atomic E-state index is 11.9. The molecule has 8 nitrogen and oxygen atoms in total. The predicted molar refractivity (Wildman–Crippen MR) is 76.2 cm³/mol. The molecular weight excluding hydrogens is 298 g/mol. The number of hydrogen-bond acceptors (Lipinski definition) is 6. The van der Waals surface area contributed by atoms with Gasteiger partial charge in [0.1, 0.15) is 4.88 Å². The third-order valence-electron chi connectivity index (χ3n) is 2.51. The van der Waals surface area contributed by atoms with Gasteiger partial charge in [0, 0.05) is 24.6 Å². The van der Waals surface area contributed by atoms with Crippen LogP contribution in [-0.4, -0.2) is 28.5 Å². The maximum atomic E-state index is 11.9. The smallest absolute Gasteiger partial charge is 0.350 e. The van der Waals surface area contributed by atoms with E-state index in [1.807, 2.05) is 0 Å². The highest BCUT2D eigenvalue weighted by Crippen LogP contribution is 2.30. The van der Waals surface area contributed by atoms with E-state index in [4.69, 9.17) is 0 Å². The summed E-state index contributed by atoms with van der Waals surface area (Å²) >= 11 is 1.02. The topological polar surface area (TPSA) is 110 Å². The summed E-state index contributed by atoms with van der Waals surface area (Å²) in [6, 6.07) is 1.14. The number of esters is 1. The van der Waals surface area contributed by atoms with Crippen molar-refractivity contribution in [2.45, 2.75) is 6.92 Å². The van der Waals surface area contributed by atoms with Gasteiger partial charge in [0.2, 0.25) is 5.91 Å². The summed E-state index contributed by atoms with van der Waals surface area (Å²) in [5, 5.41) is 4.04. The van der Waals surface area contributed by atoms with Crippen molar-refractivity contribution in [2.24, 2.45) is 0 Å². The van der Waals surface area contributed by atoms with Gasteiger partial charge in [-0.1, -0.05) is 0 Å². The van der Waals surface area contributed by atoms with E-state index in [0.29, 0.717) is 0 Å². The van der Waals surface area contributed by atoms with Crippen LogP contribution in [0, 0.1) is 0 Å². The van der Waals surface area contributed by atoms with Gasteiger partial charge >= 0.3 is 11.7 Å². The van der Waals surface area contributed by atoms with Crippen molar-refractivity contribution in [3.05, 3.63) is 43.4 Å². The third kappa shape index (κ3) is 2.92. The van der Waals surface area contributed by atoms with Crippen LogP contribution < -0.4 is 16.6 Å². The SMILES string of the molecule is COC(=O)c1scc(NC(C)=O)c1-n1ccc(=O)[nH]c1=O. The zero-order chi connectivity index (χ0) is 15.6. The zero-order valence-electron chi connectivity index (χ0n) is 11.1. The normalized spacial score (nSPS) is 10.2. The summed E-state index contributed by atoms with van der Waals surface area (Å²) in [7, 11) is 1.21. The Hall–Kier alpha value is -2.68. The number of thiophene rings is 1. The van der Waals surface area contributed by atoms with E-state index >= 15 is 0 Å². The number of nitrogens with zero attached hydrogens (tertiary/aromatic N) is 1. The minimum Gasteiger partial charge on any atom is -0.465 e. The number of nitrogens with one attached hydrogen (secondary N) is 2. The molecule has 0 radical (unpaired) electrons. The van der Waals surface area contributed by atoms with E-state index in [1.54, 1.807) is 0 Å². The number of aromatic nitrogens is 2. The molecule has 9 heteroatoms. The van der Waals surface area contributed by atoms with Gasteiger partial charge in [0.05, 0.1) is 18.5 Å². The fourth-order valence-electron chi connectivity index (χ4n) is 1.70. The third-order valence-corrected chi connectivity index (χ3v) is 3.46. The summed E-state index contributed by atoms with van der Waals surface area (Å²) in [5.41, 5.74) is -0.852. The van der Waals surface area contributed by atoms with Crippen LogP contribution in [-0.2, 0) is 9.53 Å². The second kappa shape index (κ2) is 5.75. The molecule has 0 atom stereocenters. The number of ether oxygens (including phenoxy) is 1. The van der Waals surface area contributed by atoms with E-state index in [0.717, 1.165) is 22.0 Å². The van der Waals surface area contributed by atoms with Crippen molar-refractivity contribution in [2.75, 3.05) is 12.4 Å². The molecule has 0 fully saturated rings. The van der Waals surface area contributed by atoms with Crippen molar-refractivity contribution in [3.8, 4) is 5.69 Å². The molecule has 0 unspecified atom stereocenters. The highest BCUT2D eigenvalue weighted by atomic mass is 32.1. The van der Waals surface area contributed by atoms with Crippen molar-refractivity contribution in [1.29, 1.82) is 0 Å². The standard InChI is InChI=1S/C12H11N3O5S/c1-6(16)13-7-5-21-10(11(18)20-2)9(7)15-4-3-8(17)14-12(15)19/h3-5H,1-2H3,(H,13,16)(H,14,17,19). The Morgan fingerprint density at radius 3 is 2.67 bits per heavy atom. The van der Waals surface area contributed by atoms with Crippen molar-refractivity contribution < 1.29 is 14.3 Å². The quantitative estimate of drug-likeness (QED) is 0.794. The largest absolute Gasteiger partial charge is 0.465 e. The number of anilines is 1. The molecule has 110 valence electrons. The molecule has 0 saturated carbocycles. The minimum absolute atomic E-state index is 0.135. The molecule has 0 spiro atoms. The number of methoxy groups -OCH3 is 1. The zero-order valence-corrected chi connectivity index (χ0v) is 11.9. The van der Waals surface area contributed by atoms with Gasteiger partial charge in [-0.2, -0.15) is 0 Å². The number of rotatable bonds is 3. The summed E-state index contributed by atoms with van der Waals surface area (Å²) in [6.45, 7) is 1.30. The Labute approximate surface area is 122 Å². The van der Waals surface area contributed by atoms with Crippen LogP contribution in [0.1, 0.15) is 16.6 Å². The molecular formula is C12H11N3O5S. The molecule has 0 aromatic carbocycles. The summed E-state index contributed by atoms with van der Waals surface area (Å²) < 4.78 is 5.72. The fraction of sp³-hybridized carbons (Fsp3) is 0.167. The Bertz CT molecular complexity index is 817. The van der Waals surface area contributed by atoms with Gasteiger partial charge in [0.15, 0.2) is 0 Å². The Balaban J connectivity index is 2.71. The molecule has 2 heterocycles. The number of carbonyl (C=O) groups is 2. The molecule has 21 heavy (non-hydrogen) atoms. The number of amides is 1. The number of H-pyrrole nitrogens is 1. The number of aromatic amines is 1. The Morgan fingerprint density at radius 1 is 1.38 bits per heavy atom. The Kier molecular flexibility index (Phi) is 4.03. The lowest BCUT2D eigenvalue weighted by Gasteiger charge is -2.09. The molecule has 0 bridgehead atoms. The van der Waals surface area contributed by atoms with E-state index in [1.165, 1.54) is 25.6 Å². The van der Waals surface area contributed by atoms with Crippen LogP contribution in [0.15, 0.2) is 27.2 Å². The molecule has 0 saturated heterocycles. The predicted octanol–water partition coefficient (Wildman–Crippen LogP) is 0.332. The molecule has 0 aliphatic carbocycles. The van der Waals surface area contributed by atoms with Crippen LogP contribution in [0.5, 0.6) is 0 Å². The summed E-state index contributed by atoms with van der Waals surface area (Å²) in [5.74, 6) is -1.01. The first-order chi connectivity index (χ1) is 9.93. The van der Waals surface area contributed by atoms with Crippen molar-refractivity contribution in [1.82, 2.24) is 9.55 Å². The lowest BCUT2D eigenvalue weighted by atomic mass is 10.3. The van der Waals surface area contributed by atoms with Gasteiger partial charge < -0.3 is 10.1 Å². The molecule has 2 N–H and O–H groups in total. The number of hydrogen-bond donors (Lipinski definition) is 2. The van der Waals surface area contributed by atoms with Crippen LogP contribution >= 0.6 is 11.3 Å². The average Bonchev–Trinajstić information content (AvgIpc) is 2.81. The van der Waals surface area contributed by atoms with Crippen LogP contribution in [0.25, 0.3) is 5.69 Å². The second-order valence-corrected chi connectivity index (χ2v) is 4.86. The first-order valence-electron chi connectivity index (χ1n) is 5.73. The van der Waals surface area contributed by atoms with Gasteiger partial charge in [-0.25, -0.2) is 9.59 Å². The molecule has 2 aromatic heterocycles. The van der Waals surface area contributed by atoms with E-state index in [2.05, 4.69) is 15.0 Å². The monoisotopic (exact) mass is 309 g/mol. The summed E-state index contributed by atoms with van der Waals surface area (Å²) in [4.78, 5) is 48.2. The maximum Gasteiger partial charge on any atom is 0.350 e. The molecule has 2 rings (SSSR count). The average molecular weight is 309 g/mol. The lowest BCUT2D eigenvalue weighted by molar-refractivity contribution is -0.114. The molecule has 0 aliphatic heterocycles. The van der Waals surface area contributed by atoms with Gasteiger partial charge in [-0.3, -0.25) is 19.1 Å². The lowest BCUT2D eigenvalue weighted by Crippen LogP contribution is -2.28. The summed E-state index contributed by atoms with van der Waals surface area (Å²) in [6.07, 6.45) is 1.22. The van der Waals surface area contributed by atoms with Crippen LogP contribution in [0.2, 0.25) is 0 Å². The van der Waals surface area contributed by atoms with E-state index < -0.39 is 17.2 Å². The van der Waals surface area contributed by atoms with Crippen LogP contribution in [0.4, 0.5) is 5.69 Å². The van der Waals surface area contributed by atoms with Gasteiger partial charge in [-0.15, -0.1) is 11.3 Å². The van der Waals surface area contributed by atoms with Gasteiger partial charge in [-0.05, 0) is 0 Å². The fourth-order valence-corrected chi connectivity index (χ4v) is 2.61. The van der Waals surface area contributed by atoms with Crippen molar-refractivity contribution in [3.63, 3.8) is 0 Å². The van der Waals surface area contributed by atoms with Crippen LogP contribution in [0.3, 0.4) is 0 Å². The molecule has 1 amide bonds. The Morgan fingerprint density at radius 2 is 2.10 bits per heavy atom. The highest BCUT2D eigenvalue weighted by molar-refractivity contribution is 7.13. The van der Waals surface area contributed by atoms with E-state index in [9.17, 15) is 19.2 Å². The first-order valence-corrected chi connectivity index (χ1v) is 6.61. The minimum atomic E-state index is -0.724. The van der Waals surface area contributed by atoms with E-state index in [-0.39, 0.29) is 22.2 Å². The van der Waals surface area contributed by atoms with Crippen molar-refractivity contribution >= 4 is 28.9 Å². The first kappa shape index (κ1) is 14.7. The van der Waals surface area contributed by atoms with Gasteiger partial charge in [0.25, 0.3) is 5.56 Å². The second-order valence-electron chi connectivity index (χ2n) is 3.98. The highest BCUT2D eigenvalue weighted by Gasteiger charge is 2.21.